The summed E-state index contributed by atoms with van der Waals surface area (Å²) >= 11 is 6.07. The van der Waals surface area contributed by atoms with Crippen molar-refractivity contribution in [2.45, 2.75) is 13.3 Å². The number of ether oxygens (including phenoxy) is 2. The van der Waals surface area contributed by atoms with Crippen LogP contribution in [-0.2, 0) is 10.0 Å². The van der Waals surface area contributed by atoms with Gasteiger partial charge in [-0.15, -0.1) is 0 Å². The molecule has 0 heterocycles. The maximum absolute atomic E-state index is 12.2. The molecule has 0 fully saturated rings. The Kier molecular flexibility index (Phi) is 7.78. The number of carbonyl (C=O) groups is 1. The van der Waals surface area contributed by atoms with Crippen molar-refractivity contribution in [3.8, 4) is 11.5 Å². The van der Waals surface area contributed by atoms with Gasteiger partial charge in [-0.2, -0.15) is 0 Å². The summed E-state index contributed by atoms with van der Waals surface area (Å²) in [6.07, 6.45) is 1.67. The van der Waals surface area contributed by atoms with E-state index in [-0.39, 0.29) is 10.9 Å². The number of halogens is 1. The van der Waals surface area contributed by atoms with Crippen LogP contribution in [0.1, 0.15) is 23.7 Å². The fourth-order valence-corrected chi connectivity index (χ4v) is 3.38. The molecule has 0 saturated carbocycles. The van der Waals surface area contributed by atoms with Crippen molar-refractivity contribution in [1.82, 2.24) is 9.62 Å². The molecule has 0 aliphatic carbocycles. The Morgan fingerprint density at radius 2 is 1.96 bits per heavy atom. The molecule has 0 aliphatic heterocycles. The van der Waals surface area contributed by atoms with Gasteiger partial charge in [-0.1, -0.05) is 18.5 Å². The molecule has 0 atom stereocenters. The number of hydrogen-bond acceptors (Lipinski definition) is 5. The third-order valence-electron chi connectivity index (χ3n) is 3.39. The number of carbonyl (C=O) groups excluding carboxylic acids is 1. The molecule has 7 nitrogen and oxygen atoms in total. The summed E-state index contributed by atoms with van der Waals surface area (Å²) in [6, 6.07) is 3.03. The predicted molar refractivity (Wildman–Crippen MR) is 93.6 cm³/mol. The number of rotatable bonds is 9. The third kappa shape index (κ3) is 5.54. The second kappa shape index (κ2) is 9.10. The van der Waals surface area contributed by atoms with E-state index in [0.29, 0.717) is 43.1 Å². The van der Waals surface area contributed by atoms with Gasteiger partial charge in [0.2, 0.25) is 10.0 Å². The molecule has 0 bridgehead atoms. The summed E-state index contributed by atoms with van der Waals surface area (Å²) < 4.78 is 34.6. The lowest BCUT2D eigenvalue weighted by molar-refractivity contribution is 0.0952. The van der Waals surface area contributed by atoms with Gasteiger partial charge < -0.3 is 14.8 Å². The van der Waals surface area contributed by atoms with E-state index < -0.39 is 10.0 Å². The molecule has 1 aromatic carbocycles. The van der Waals surface area contributed by atoms with Crippen LogP contribution in [-0.4, -0.2) is 58.7 Å². The zero-order chi connectivity index (χ0) is 18.3. The average molecular weight is 379 g/mol. The second-order valence-corrected chi connectivity index (χ2v) is 7.45. The average Bonchev–Trinajstić information content (AvgIpc) is 2.52. The van der Waals surface area contributed by atoms with Gasteiger partial charge in [0.25, 0.3) is 5.91 Å². The summed E-state index contributed by atoms with van der Waals surface area (Å²) in [5, 5.41) is 3.00. The van der Waals surface area contributed by atoms with Gasteiger partial charge in [-0.05, 0) is 18.6 Å². The lowest BCUT2D eigenvalue weighted by atomic mass is 10.2. The van der Waals surface area contributed by atoms with Crippen molar-refractivity contribution in [2.75, 3.05) is 40.1 Å². The van der Waals surface area contributed by atoms with Crippen molar-refractivity contribution in [3.05, 3.63) is 22.7 Å². The van der Waals surface area contributed by atoms with E-state index in [4.69, 9.17) is 21.1 Å². The summed E-state index contributed by atoms with van der Waals surface area (Å²) in [4.78, 5) is 12.2. The minimum atomic E-state index is -3.22. The zero-order valence-corrected chi connectivity index (χ0v) is 15.8. The van der Waals surface area contributed by atoms with E-state index in [1.54, 1.807) is 6.92 Å². The Labute approximate surface area is 147 Å². The van der Waals surface area contributed by atoms with Crippen LogP contribution in [0.4, 0.5) is 0 Å². The molecule has 0 radical (unpaired) electrons. The monoisotopic (exact) mass is 378 g/mol. The molecule has 1 amide bonds. The number of benzene rings is 1. The molecule has 136 valence electrons. The Bertz CT molecular complexity index is 679. The van der Waals surface area contributed by atoms with E-state index in [2.05, 4.69) is 5.32 Å². The highest BCUT2D eigenvalue weighted by molar-refractivity contribution is 7.88. The first-order valence-corrected chi connectivity index (χ1v) is 9.62. The molecule has 0 unspecified atom stereocenters. The van der Waals surface area contributed by atoms with Gasteiger partial charge in [0, 0.05) is 25.2 Å². The number of amides is 1. The van der Waals surface area contributed by atoms with Crippen molar-refractivity contribution in [3.63, 3.8) is 0 Å². The number of methoxy groups -OCH3 is 2. The third-order valence-corrected chi connectivity index (χ3v) is 5.05. The number of nitrogens with one attached hydrogen (secondary N) is 1. The smallest absolute Gasteiger partial charge is 0.251 e. The molecule has 1 aromatic rings. The SMILES string of the molecule is CCN(CCCNC(=O)c1cc(Cl)c(OC)c(OC)c1)S(C)(=O)=O. The van der Waals surface area contributed by atoms with Crippen LogP contribution in [0, 0.1) is 0 Å². The Morgan fingerprint density at radius 1 is 1.29 bits per heavy atom. The fourth-order valence-electron chi connectivity index (χ4n) is 2.17. The summed E-state index contributed by atoms with van der Waals surface area (Å²) in [5.74, 6) is 0.409. The van der Waals surface area contributed by atoms with Crippen LogP contribution >= 0.6 is 11.6 Å². The molecule has 0 spiro atoms. The highest BCUT2D eigenvalue weighted by atomic mass is 35.5. The molecule has 0 aromatic heterocycles. The minimum Gasteiger partial charge on any atom is -0.493 e. The first-order valence-electron chi connectivity index (χ1n) is 7.39. The summed E-state index contributed by atoms with van der Waals surface area (Å²) in [5.41, 5.74) is 0.341. The maximum atomic E-state index is 12.2. The summed E-state index contributed by atoms with van der Waals surface area (Å²) in [7, 11) is -0.296. The van der Waals surface area contributed by atoms with Crippen molar-refractivity contribution >= 4 is 27.5 Å². The van der Waals surface area contributed by atoms with Crippen molar-refractivity contribution in [1.29, 1.82) is 0 Å². The molecule has 1 rings (SSSR count). The fraction of sp³-hybridized carbons (Fsp3) is 0.533. The van der Waals surface area contributed by atoms with Gasteiger partial charge in [0.1, 0.15) is 0 Å². The Hall–Kier alpha value is -1.51. The van der Waals surface area contributed by atoms with E-state index in [1.807, 2.05) is 0 Å². The van der Waals surface area contributed by atoms with Crippen LogP contribution in [0.25, 0.3) is 0 Å². The second-order valence-electron chi connectivity index (χ2n) is 5.06. The van der Waals surface area contributed by atoms with Crippen LogP contribution in [0.5, 0.6) is 11.5 Å². The van der Waals surface area contributed by atoms with Gasteiger partial charge in [0.15, 0.2) is 11.5 Å². The normalized spacial score (nSPS) is 11.4. The maximum Gasteiger partial charge on any atom is 0.251 e. The van der Waals surface area contributed by atoms with Crippen LogP contribution in [0.3, 0.4) is 0 Å². The highest BCUT2D eigenvalue weighted by Crippen LogP contribution is 2.35. The van der Waals surface area contributed by atoms with E-state index in [0.717, 1.165) is 0 Å². The predicted octanol–water partition coefficient (Wildman–Crippen LogP) is 1.76. The van der Waals surface area contributed by atoms with Crippen LogP contribution in [0.2, 0.25) is 5.02 Å². The lowest BCUT2D eigenvalue weighted by Crippen LogP contribution is -2.33. The van der Waals surface area contributed by atoms with Crippen molar-refractivity contribution < 1.29 is 22.7 Å². The molecular formula is C15H23ClN2O5S. The molecule has 24 heavy (non-hydrogen) atoms. The Morgan fingerprint density at radius 3 is 2.46 bits per heavy atom. The number of hydrogen-bond donors (Lipinski definition) is 1. The summed E-state index contributed by atoms with van der Waals surface area (Å²) in [6.45, 7) is 2.86. The van der Waals surface area contributed by atoms with Gasteiger partial charge in [-0.25, -0.2) is 12.7 Å². The van der Waals surface area contributed by atoms with Crippen LogP contribution < -0.4 is 14.8 Å². The number of nitrogens with zero attached hydrogens (tertiary/aromatic N) is 1. The molecule has 1 N–H and O–H groups in total. The topological polar surface area (TPSA) is 84.9 Å². The van der Waals surface area contributed by atoms with Gasteiger partial charge in [0.05, 0.1) is 25.5 Å². The first-order chi connectivity index (χ1) is 11.2. The largest absolute Gasteiger partial charge is 0.493 e. The quantitative estimate of drug-likeness (QED) is 0.662. The van der Waals surface area contributed by atoms with E-state index in [9.17, 15) is 13.2 Å². The van der Waals surface area contributed by atoms with E-state index in [1.165, 1.54) is 36.9 Å². The van der Waals surface area contributed by atoms with Gasteiger partial charge in [-0.3, -0.25) is 4.79 Å². The van der Waals surface area contributed by atoms with Crippen LogP contribution in [0.15, 0.2) is 12.1 Å². The molecule has 0 aliphatic rings. The standard InChI is InChI=1S/C15H23ClN2O5S/c1-5-18(24(4,20)21)8-6-7-17-15(19)11-9-12(16)14(23-3)13(10-11)22-2/h9-10H,5-8H2,1-4H3,(H,17,19). The highest BCUT2D eigenvalue weighted by Gasteiger charge is 2.16. The first kappa shape index (κ1) is 20.5. The van der Waals surface area contributed by atoms with Gasteiger partial charge >= 0.3 is 0 Å². The van der Waals surface area contributed by atoms with Crippen molar-refractivity contribution in [2.24, 2.45) is 0 Å². The molecular weight excluding hydrogens is 356 g/mol. The zero-order valence-electron chi connectivity index (χ0n) is 14.3. The minimum absolute atomic E-state index is 0.274. The molecule has 9 heteroatoms. The molecule has 0 saturated heterocycles. The Balaban J connectivity index is 2.65. The van der Waals surface area contributed by atoms with E-state index >= 15 is 0 Å². The number of sulfonamides is 1. The lowest BCUT2D eigenvalue weighted by Gasteiger charge is -2.17.